The van der Waals surface area contributed by atoms with Crippen LogP contribution in [0, 0.1) is 5.92 Å². The molecule has 1 aromatic carbocycles. The molecule has 2 rings (SSSR count). The van der Waals surface area contributed by atoms with Gasteiger partial charge in [0.2, 0.25) is 0 Å². The molecule has 1 fully saturated rings. The summed E-state index contributed by atoms with van der Waals surface area (Å²) in [4.78, 5) is 0. The normalized spacial score (nSPS) is 18.3. The van der Waals surface area contributed by atoms with Gasteiger partial charge in [0, 0.05) is 23.2 Å². The second-order valence-electron chi connectivity index (χ2n) is 5.49. The second-order valence-corrected chi connectivity index (χ2v) is 5.90. The number of ether oxygens (including phenoxy) is 1. The van der Waals surface area contributed by atoms with Crippen molar-refractivity contribution in [2.24, 2.45) is 5.92 Å². The third-order valence-corrected chi connectivity index (χ3v) is 4.61. The maximum absolute atomic E-state index is 6.26. The molecule has 106 valence electrons. The molecule has 1 aromatic rings. The van der Waals surface area contributed by atoms with Crippen LogP contribution in [-0.2, 0) is 6.54 Å². The Balaban J connectivity index is 1.94. The van der Waals surface area contributed by atoms with Gasteiger partial charge in [0.15, 0.2) is 0 Å². The molecule has 1 aliphatic rings. The number of benzene rings is 1. The Hall–Kier alpha value is -0.730. The first-order valence-electron chi connectivity index (χ1n) is 7.27. The molecular weight excluding hydrogens is 258 g/mol. The summed E-state index contributed by atoms with van der Waals surface area (Å²) in [5.74, 6) is 1.68. The van der Waals surface area contributed by atoms with E-state index in [0.717, 1.165) is 28.8 Å². The van der Waals surface area contributed by atoms with Gasteiger partial charge in [-0.15, -0.1) is 0 Å². The van der Waals surface area contributed by atoms with Crippen molar-refractivity contribution in [2.45, 2.75) is 51.6 Å². The molecule has 0 bridgehead atoms. The SMILES string of the molecule is COc1cccc(Cl)c1CN[C@H](C)C1CCCCC1. The van der Waals surface area contributed by atoms with E-state index in [2.05, 4.69) is 12.2 Å². The predicted octanol–water partition coefficient (Wildman–Crippen LogP) is 4.41. The first-order chi connectivity index (χ1) is 9.22. The number of halogens is 1. The topological polar surface area (TPSA) is 21.3 Å². The van der Waals surface area contributed by atoms with Gasteiger partial charge in [-0.1, -0.05) is 36.9 Å². The van der Waals surface area contributed by atoms with E-state index >= 15 is 0 Å². The van der Waals surface area contributed by atoms with E-state index in [9.17, 15) is 0 Å². The molecule has 0 heterocycles. The van der Waals surface area contributed by atoms with Crippen molar-refractivity contribution < 1.29 is 4.74 Å². The summed E-state index contributed by atoms with van der Waals surface area (Å²) in [6, 6.07) is 6.36. The van der Waals surface area contributed by atoms with Gasteiger partial charge >= 0.3 is 0 Å². The lowest BCUT2D eigenvalue weighted by molar-refractivity contribution is 0.279. The standard InChI is InChI=1S/C16H24ClNO/c1-12(13-7-4-3-5-8-13)18-11-14-15(17)9-6-10-16(14)19-2/h6,9-10,12-13,18H,3-5,7-8,11H2,1-2H3/t12-/m1/s1. The minimum atomic E-state index is 0.543. The molecule has 0 spiro atoms. The van der Waals surface area contributed by atoms with E-state index in [0.29, 0.717) is 6.04 Å². The molecular formula is C16H24ClNO. The first-order valence-corrected chi connectivity index (χ1v) is 7.65. The fraction of sp³-hybridized carbons (Fsp3) is 0.625. The van der Waals surface area contributed by atoms with Gasteiger partial charge in [0.05, 0.1) is 7.11 Å². The van der Waals surface area contributed by atoms with Crippen LogP contribution in [0.25, 0.3) is 0 Å². The molecule has 1 atom stereocenters. The molecule has 0 aliphatic heterocycles. The zero-order chi connectivity index (χ0) is 13.7. The van der Waals surface area contributed by atoms with Crippen LogP contribution in [0.3, 0.4) is 0 Å². The fourth-order valence-corrected chi connectivity index (χ4v) is 3.20. The van der Waals surface area contributed by atoms with Crippen LogP contribution in [0.1, 0.15) is 44.6 Å². The quantitative estimate of drug-likeness (QED) is 0.863. The van der Waals surface area contributed by atoms with E-state index in [1.807, 2.05) is 18.2 Å². The van der Waals surface area contributed by atoms with Gasteiger partial charge in [-0.25, -0.2) is 0 Å². The van der Waals surface area contributed by atoms with Crippen molar-refractivity contribution in [1.82, 2.24) is 5.32 Å². The maximum atomic E-state index is 6.26. The highest BCUT2D eigenvalue weighted by atomic mass is 35.5. The molecule has 0 radical (unpaired) electrons. The second kappa shape index (κ2) is 7.16. The molecule has 0 aromatic heterocycles. The Morgan fingerprint density at radius 1 is 1.32 bits per heavy atom. The first kappa shape index (κ1) is 14.7. The Morgan fingerprint density at radius 3 is 2.74 bits per heavy atom. The lowest BCUT2D eigenvalue weighted by Crippen LogP contribution is -2.34. The molecule has 1 aliphatic carbocycles. The molecule has 0 amide bonds. The van der Waals surface area contributed by atoms with E-state index in [-0.39, 0.29) is 0 Å². The van der Waals surface area contributed by atoms with E-state index < -0.39 is 0 Å². The number of methoxy groups -OCH3 is 1. The van der Waals surface area contributed by atoms with Gasteiger partial charge < -0.3 is 10.1 Å². The summed E-state index contributed by atoms with van der Waals surface area (Å²) in [5.41, 5.74) is 1.06. The average molecular weight is 282 g/mol. The summed E-state index contributed by atoms with van der Waals surface area (Å²) in [5, 5.41) is 4.40. The largest absolute Gasteiger partial charge is 0.496 e. The van der Waals surface area contributed by atoms with Crippen molar-refractivity contribution in [1.29, 1.82) is 0 Å². The highest BCUT2D eigenvalue weighted by Crippen LogP contribution is 2.28. The number of nitrogens with one attached hydrogen (secondary N) is 1. The molecule has 19 heavy (non-hydrogen) atoms. The average Bonchev–Trinajstić information content (AvgIpc) is 2.46. The zero-order valence-electron chi connectivity index (χ0n) is 11.9. The summed E-state index contributed by atoms with van der Waals surface area (Å²) in [6.45, 7) is 3.07. The van der Waals surface area contributed by atoms with E-state index in [1.165, 1.54) is 32.1 Å². The summed E-state index contributed by atoms with van der Waals surface area (Å²) in [7, 11) is 1.69. The minimum absolute atomic E-state index is 0.543. The van der Waals surface area contributed by atoms with Crippen LogP contribution >= 0.6 is 11.6 Å². The van der Waals surface area contributed by atoms with Crippen LogP contribution in [0.2, 0.25) is 5.02 Å². The molecule has 2 nitrogen and oxygen atoms in total. The minimum Gasteiger partial charge on any atom is -0.496 e. The van der Waals surface area contributed by atoms with Crippen molar-refractivity contribution in [3.05, 3.63) is 28.8 Å². The van der Waals surface area contributed by atoms with Crippen LogP contribution in [-0.4, -0.2) is 13.2 Å². The zero-order valence-corrected chi connectivity index (χ0v) is 12.7. The van der Waals surface area contributed by atoms with Crippen molar-refractivity contribution in [3.8, 4) is 5.75 Å². The molecule has 1 saturated carbocycles. The van der Waals surface area contributed by atoms with Crippen LogP contribution in [0.5, 0.6) is 5.75 Å². The van der Waals surface area contributed by atoms with Crippen LogP contribution in [0.15, 0.2) is 18.2 Å². The summed E-state index contributed by atoms with van der Waals surface area (Å²) < 4.78 is 5.38. The fourth-order valence-electron chi connectivity index (χ4n) is 2.97. The van der Waals surface area contributed by atoms with Crippen molar-refractivity contribution in [2.75, 3.05) is 7.11 Å². The predicted molar refractivity (Wildman–Crippen MR) is 80.9 cm³/mol. The van der Waals surface area contributed by atoms with Gasteiger partial charge in [0.1, 0.15) is 5.75 Å². The van der Waals surface area contributed by atoms with Crippen molar-refractivity contribution >= 4 is 11.6 Å². The number of rotatable bonds is 5. The van der Waals surface area contributed by atoms with E-state index in [4.69, 9.17) is 16.3 Å². The van der Waals surface area contributed by atoms with E-state index in [1.54, 1.807) is 7.11 Å². The molecule has 0 saturated heterocycles. The third-order valence-electron chi connectivity index (χ3n) is 4.25. The number of hydrogen-bond acceptors (Lipinski definition) is 2. The lowest BCUT2D eigenvalue weighted by atomic mass is 9.84. The maximum Gasteiger partial charge on any atom is 0.124 e. The Labute approximate surface area is 121 Å². The van der Waals surface area contributed by atoms with Gasteiger partial charge in [-0.2, -0.15) is 0 Å². The summed E-state index contributed by atoms with van der Waals surface area (Å²) in [6.07, 6.45) is 6.88. The molecule has 3 heteroatoms. The summed E-state index contributed by atoms with van der Waals surface area (Å²) >= 11 is 6.26. The highest BCUT2D eigenvalue weighted by molar-refractivity contribution is 6.31. The van der Waals surface area contributed by atoms with Crippen molar-refractivity contribution in [3.63, 3.8) is 0 Å². The van der Waals surface area contributed by atoms with Crippen LogP contribution < -0.4 is 10.1 Å². The van der Waals surface area contributed by atoms with Crippen LogP contribution in [0.4, 0.5) is 0 Å². The number of hydrogen-bond donors (Lipinski definition) is 1. The van der Waals surface area contributed by atoms with Gasteiger partial charge in [0.25, 0.3) is 0 Å². The molecule has 0 unspecified atom stereocenters. The Morgan fingerprint density at radius 2 is 2.05 bits per heavy atom. The molecule has 1 N–H and O–H groups in total. The highest BCUT2D eigenvalue weighted by Gasteiger charge is 2.20. The van der Waals surface area contributed by atoms with Gasteiger partial charge in [-0.3, -0.25) is 0 Å². The Bertz CT molecular complexity index is 402. The third kappa shape index (κ3) is 3.87. The monoisotopic (exact) mass is 281 g/mol. The Kier molecular flexibility index (Phi) is 5.53. The van der Waals surface area contributed by atoms with Gasteiger partial charge in [-0.05, 0) is 37.8 Å². The lowest BCUT2D eigenvalue weighted by Gasteiger charge is -2.28. The smallest absolute Gasteiger partial charge is 0.124 e.